The summed E-state index contributed by atoms with van der Waals surface area (Å²) in [5, 5.41) is 0. The molecule has 3 aliphatic carbocycles. The van der Waals surface area contributed by atoms with Crippen molar-refractivity contribution in [3.05, 3.63) is 71.0 Å². The van der Waals surface area contributed by atoms with Crippen molar-refractivity contribution in [3.8, 4) is 33.4 Å². The van der Waals surface area contributed by atoms with Gasteiger partial charge in [-0.05, 0) is 77.3 Å². The third-order valence-corrected chi connectivity index (χ3v) is 9.22. The summed E-state index contributed by atoms with van der Waals surface area (Å²) in [5.74, 6) is -0.158. The van der Waals surface area contributed by atoms with E-state index in [4.69, 9.17) is 0 Å². The zero-order chi connectivity index (χ0) is 24.8. The second-order valence-corrected chi connectivity index (χ2v) is 11.6. The van der Waals surface area contributed by atoms with Crippen LogP contribution in [0.15, 0.2) is 42.5 Å². The summed E-state index contributed by atoms with van der Waals surface area (Å²) in [6, 6.07) is 13.6. The Bertz CT molecular complexity index is 1260. The zero-order valence-electron chi connectivity index (χ0n) is 21.2. The molecular weight excluding hydrogens is 453 g/mol. The molecule has 3 aromatic carbocycles. The van der Waals surface area contributed by atoms with E-state index in [9.17, 15) is 0 Å². The van der Waals surface area contributed by atoms with Gasteiger partial charge in [0, 0.05) is 16.7 Å². The Morgan fingerprint density at radius 2 is 1.33 bits per heavy atom. The molecule has 0 spiro atoms. The molecule has 0 aliphatic heterocycles. The van der Waals surface area contributed by atoms with Gasteiger partial charge in [0.2, 0.25) is 0 Å². The zero-order valence-corrected chi connectivity index (χ0v) is 21.2. The predicted octanol–water partition coefficient (Wildman–Crippen LogP) is 10.2. The minimum absolute atomic E-state index is 0.108. The molecule has 0 nitrogen and oxygen atoms in total. The van der Waals surface area contributed by atoms with Crippen LogP contribution in [0.3, 0.4) is 0 Å². The highest BCUT2D eigenvalue weighted by atomic mass is 19.2. The van der Waals surface area contributed by atoms with Gasteiger partial charge in [0.05, 0.1) is 0 Å². The van der Waals surface area contributed by atoms with Crippen molar-refractivity contribution in [1.82, 2.24) is 0 Å². The summed E-state index contributed by atoms with van der Waals surface area (Å²) in [5.41, 5.74) is 4.64. The standard InChI is InChI=1S/C33H35F3/c1-20-7-10-22(11-8-20)23-13-15-24(16-14-23)26-17-18-27-28-19-25(12-9-21-5-3-2-4-6-21)31(34)33(36)30(28)29(27)32(26)35/h13-22H,2-12H2,1H3. The van der Waals surface area contributed by atoms with E-state index in [1.807, 2.05) is 18.2 Å². The summed E-state index contributed by atoms with van der Waals surface area (Å²) in [6.45, 7) is 2.32. The number of fused-ring (bicyclic) bond motifs is 4. The highest BCUT2D eigenvalue weighted by Crippen LogP contribution is 2.53. The van der Waals surface area contributed by atoms with Crippen LogP contribution in [0.2, 0.25) is 0 Å². The van der Waals surface area contributed by atoms with E-state index in [-0.39, 0.29) is 11.1 Å². The summed E-state index contributed by atoms with van der Waals surface area (Å²) in [6.07, 6.45) is 12.5. The van der Waals surface area contributed by atoms with Crippen LogP contribution in [0.5, 0.6) is 0 Å². The lowest BCUT2D eigenvalue weighted by Crippen LogP contribution is -2.12. The Labute approximate surface area is 212 Å². The molecular formula is C33H35F3. The summed E-state index contributed by atoms with van der Waals surface area (Å²) in [4.78, 5) is 0. The van der Waals surface area contributed by atoms with Crippen LogP contribution in [0.4, 0.5) is 13.2 Å². The molecule has 3 aromatic rings. The smallest absolute Gasteiger partial charge is 0.167 e. The number of hydrogen-bond acceptors (Lipinski definition) is 0. The number of aryl methyl sites for hydroxylation is 1. The highest BCUT2D eigenvalue weighted by Gasteiger charge is 2.34. The van der Waals surface area contributed by atoms with E-state index < -0.39 is 17.5 Å². The Morgan fingerprint density at radius 1 is 0.667 bits per heavy atom. The van der Waals surface area contributed by atoms with Gasteiger partial charge in [-0.3, -0.25) is 0 Å². The van der Waals surface area contributed by atoms with Gasteiger partial charge in [0.25, 0.3) is 0 Å². The third-order valence-electron chi connectivity index (χ3n) is 9.22. The van der Waals surface area contributed by atoms with E-state index in [2.05, 4.69) is 19.1 Å². The maximum atomic E-state index is 15.7. The average Bonchev–Trinajstić information content (AvgIpc) is 2.90. The lowest BCUT2D eigenvalue weighted by molar-refractivity contribution is 0.337. The Kier molecular flexibility index (Phi) is 6.44. The Hall–Kier alpha value is -2.55. The first-order valence-electron chi connectivity index (χ1n) is 14.0. The second-order valence-electron chi connectivity index (χ2n) is 11.6. The molecule has 2 fully saturated rings. The van der Waals surface area contributed by atoms with Crippen LogP contribution < -0.4 is 0 Å². The summed E-state index contributed by atoms with van der Waals surface area (Å²) >= 11 is 0. The van der Waals surface area contributed by atoms with E-state index in [0.29, 0.717) is 40.5 Å². The lowest BCUT2D eigenvalue weighted by Gasteiger charge is -2.28. The van der Waals surface area contributed by atoms with Crippen molar-refractivity contribution in [2.45, 2.75) is 83.5 Å². The quantitative estimate of drug-likeness (QED) is 0.262. The van der Waals surface area contributed by atoms with E-state index in [1.54, 1.807) is 12.1 Å². The van der Waals surface area contributed by atoms with E-state index in [1.165, 1.54) is 63.4 Å². The topological polar surface area (TPSA) is 0 Å². The van der Waals surface area contributed by atoms with Gasteiger partial charge in [-0.15, -0.1) is 0 Å². The number of hydrogen-bond donors (Lipinski definition) is 0. The minimum atomic E-state index is -0.892. The van der Waals surface area contributed by atoms with Crippen LogP contribution in [-0.4, -0.2) is 0 Å². The van der Waals surface area contributed by atoms with Crippen molar-refractivity contribution in [3.63, 3.8) is 0 Å². The minimum Gasteiger partial charge on any atom is -0.206 e. The van der Waals surface area contributed by atoms with Crippen molar-refractivity contribution >= 4 is 0 Å². The molecule has 0 amide bonds. The van der Waals surface area contributed by atoms with Gasteiger partial charge in [-0.1, -0.05) is 88.3 Å². The molecule has 0 radical (unpaired) electrons. The molecule has 0 aromatic heterocycles. The van der Waals surface area contributed by atoms with Crippen molar-refractivity contribution < 1.29 is 13.2 Å². The second kappa shape index (κ2) is 9.72. The van der Waals surface area contributed by atoms with Crippen LogP contribution in [-0.2, 0) is 6.42 Å². The molecule has 0 unspecified atom stereocenters. The van der Waals surface area contributed by atoms with Crippen molar-refractivity contribution in [2.24, 2.45) is 11.8 Å². The van der Waals surface area contributed by atoms with Gasteiger partial charge in [0.15, 0.2) is 11.6 Å². The van der Waals surface area contributed by atoms with Crippen LogP contribution >= 0.6 is 0 Å². The van der Waals surface area contributed by atoms with Crippen LogP contribution in [0.1, 0.15) is 88.2 Å². The van der Waals surface area contributed by atoms with Crippen molar-refractivity contribution in [1.29, 1.82) is 0 Å². The first-order valence-corrected chi connectivity index (χ1v) is 14.0. The largest absolute Gasteiger partial charge is 0.206 e. The first-order chi connectivity index (χ1) is 17.5. The number of rotatable bonds is 5. The molecule has 6 rings (SSSR count). The lowest BCUT2D eigenvalue weighted by atomic mass is 9.76. The molecule has 0 saturated heterocycles. The molecule has 0 heterocycles. The summed E-state index contributed by atoms with van der Waals surface area (Å²) in [7, 11) is 0. The number of benzene rings is 3. The fourth-order valence-corrected chi connectivity index (χ4v) is 6.89. The Morgan fingerprint density at radius 3 is 2.06 bits per heavy atom. The van der Waals surface area contributed by atoms with Gasteiger partial charge in [0.1, 0.15) is 5.82 Å². The SMILES string of the molecule is CC1CCC(c2ccc(-c3ccc4c(c3F)-c3c-4cc(CCC4CCCCC4)c(F)c3F)cc2)CC1. The molecule has 2 saturated carbocycles. The highest BCUT2D eigenvalue weighted by molar-refractivity contribution is 6.04. The molecule has 0 atom stereocenters. The molecule has 36 heavy (non-hydrogen) atoms. The molecule has 3 aliphatic rings. The average molecular weight is 489 g/mol. The van der Waals surface area contributed by atoms with Crippen molar-refractivity contribution in [2.75, 3.05) is 0 Å². The first kappa shape index (κ1) is 23.8. The monoisotopic (exact) mass is 488 g/mol. The predicted molar refractivity (Wildman–Crippen MR) is 141 cm³/mol. The molecule has 0 bridgehead atoms. The maximum absolute atomic E-state index is 15.7. The van der Waals surface area contributed by atoms with Crippen LogP contribution in [0.25, 0.3) is 33.4 Å². The summed E-state index contributed by atoms with van der Waals surface area (Å²) < 4.78 is 45.9. The third kappa shape index (κ3) is 4.19. The molecule has 188 valence electrons. The maximum Gasteiger partial charge on any atom is 0.167 e. The fraction of sp³-hybridized carbons (Fsp3) is 0.455. The molecule has 3 heteroatoms. The van der Waals surface area contributed by atoms with Crippen LogP contribution in [0, 0.1) is 29.3 Å². The Balaban J connectivity index is 1.24. The molecule has 0 N–H and O–H groups in total. The number of halogens is 3. The van der Waals surface area contributed by atoms with Gasteiger partial charge in [-0.25, -0.2) is 13.2 Å². The fourth-order valence-electron chi connectivity index (χ4n) is 6.89. The van der Waals surface area contributed by atoms with Gasteiger partial charge < -0.3 is 0 Å². The van der Waals surface area contributed by atoms with Gasteiger partial charge >= 0.3 is 0 Å². The van der Waals surface area contributed by atoms with E-state index in [0.717, 1.165) is 17.9 Å². The normalized spacial score (nSPS) is 21.6. The van der Waals surface area contributed by atoms with Gasteiger partial charge in [-0.2, -0.15) is 0 Å². The van der Waals surface area contributed by atoms with E-state index >= 15 is 13.2 Å².